The van der Waals surface area contributed by atoms with Crippen LogP contribution in [0.15, 0.2) is 45.3 Å². The van der Waals surface area contributed by atoms with E-state index < -0.39 is 0 Å². The minimum atomic E-state index is -0.285. The van der Waals surface area contributed by atoms with E-state index in [1.807, 2.05) is 31.2 Å². The first-order chi connectivity index (χ1) is 13.0. The van der Waals surface area contributed by atoms with Crippen molar-refractivity contribution in [3.8, 4) is 5.75 Å². The van der Waals surface area contributed by atoms with Crippen molar-refractivity contribution in [2.24, 2.45) is 10.5 Å². The SMILES string of the molecule is C/C(=N\NC(=O)COc1ccc(C(C)(C)CC(C)(C)C)cc1)c1ccc(Br)s1. The monoisotopic (exact) mass is 464 g/mol. The Morgan fingerprint density at radius 2 is 1.75 bits per heavy atom. The Kier molecular flexibility index (Phi) is 7.46. The number of nitrogens with one attached hydrogen (secondary N) is 1. The van der Waals surface area contributed by atoms with Crippen molar-refractivity contribution in [3.05, 3.63) is 50.6 Å². The number of carbonyl (C=O) groups excluding carboxylic acids is 1. The van der Waals surface area contributed by atoms with Crippen LogP contribution in [-0.4, -0.2) is 18.2 Å². The van der Waals surface area contributed by atoms with E-state index in [1.54, 1.807) is 11.3 Å². The van der Waals surface area contributed by atoms with E-state index >= 15 is 0 Å². The van der Waals surface area contributed by atoms with Gasteiger partial charge in [0.1, 0.15) is 5.75 Å². The molecule has 0 atom stereocenters. The van der Waals surface area contributed by atoms with Crippen LogP contribution < -0.4 is 10.2 Å². The van der Waals surface area contributed by atoms with Gasteiger partial charge in [0.15, 0.2) is 6.61 Å². The Morgan fingerprint density at radius 3 is 2.29 bits per heavy atom. The fourth-order valence-corrected chi connectivity index (χ4v) is 4.65. The first-order valence-electron chi connectivity index (χ1n) is 9.28. The summed E-state index contributed by atoms with van der Waals surface area (Å²) < 4.78 is 6.62. The molecule has 4 nitrogen and oxygen atoms in total. The lowest BCUT2D eigenvalue weighted by Gasteiger charge is -2.33. The summed E-state index contributed by atoms with van der Waals surface area (Å²) in [5, 5.41) is 4.13. The van der Waals surface area contributed by atoms with Gasteiger partial charge in [-0.15, -0.1) is 11.3 Å². The minimum absolute atomic E-state index is 0.0738. The zero-order chi connectivity index (χ0) is 20.9. The molecule has 1 heterocycles. The molecule has 0 bridgehead atoms. The standard InChI is InChI=1S/C22H29BrN2O2S/c1-15(18-11-12-19(23)28-18)24-25-20(26)13-27-17-9-7-16(8-10-17)22(5,6)14-21(2,3)4/h7-12H,13-14H2,1-6H3,(H,25,26)/b24-15+. The number of thiophene rings is 1. The Bertz CT molecular complexity index is 833. The number of amides is 1. The third-order valence-electron chi connectivity index (χ3n) is 4.26. The van der Waals surface area contributed by atoms with Gasteiger partial charge in [-0.25, -0.2) is 5.43 Å². The predicted octanol–water partition coefficient (Wildman–Crippen LogP) is 6.14. The third kappa shape index (κ3) is 7.06. The fourth-order valence-electron chi connectivity index (χ4n) is 3.32. The van der Waals surface area contributed by atoms with Crippen LogP contribution in [0.1, 0.15) is 58.4 Å². The van der Waals surface area contributed by atoms with Crippen LogP contribution in [0, 0.1) is 5.41 Å². The van der Waals surface area contributed by atoms with E-state index in [2.05, 4.69) is 73.2 Å². The third-order valence-corrected chi connectivity index (χ3v) is 5.99. The molecular formula is C22H29BrN2O2S. The molecule has 28 heavy (non-hydrogen) atoms. The largest absolute Gasteiger partial charge is 0.484 e. The normalized spacial score (nSPS) is 12.8. The maximum absolute atomic E-state index is 12.0. The molecule has 2 aromatic rings. The molecule has 1 aromatic carbocycles. The highest BCUT2D eigenvalue weighted by Crippen LogP contribution is 2.36. The lowest BCUT2D eigenvalue weighted by atomic mass is 9.72. The summed E-state index contributed by atoms with van der Waals surface area (Å²) in [5.41, 5.74) is 4.90. The van der Waals surface area contributed by atoms with E-state index in [-0.39, 0.29) is 23.3 Å². The molecule has 0 unspecified atom stereocenters. The first kappa shape index (κ1) is 22.6. The number of hydrazone groups is 1. The zero-order valence-electron chi connectivity index (χ0n) is 17.4. The predicted molar refractivity (Wildman–Crippen MR) is 121 cm³/mol. The molecule has 2 rings (SSSR count). The molecule has 0 spiro atoms. The summed E-state index contributed by atoms with van der Waals surface area (Å²) in [5.74, 6) is 0.389. The molecule has 152 valence electrons. The second kappa shape index (κ2) is 9.23. The number of hydrogen-bond acceptors (Lipinski definition) is 4. The molecule has 0 aliphatic carbocycles. The number of carbonyl (C=O) groups is 1. The molecule has 0 aliphatic rings. The summed E-state index contributed by atoms with van der Waals surface area (Å²) in [6.07, 6.45) is 1.08. The lowest BCUT2D eigenvalue weighted by molar-refractivity contribution is -0.123. The van der Waals surface area contributed by atoms with E-state index in [0.29, 0.717) is 5.75 Å². The minimum Gasteiger partial charge on any atom is -0.484 e. The maximum atomic E-state index is 12.0. The van der Waals surface area contributed by atoms with Crippen molar-refractivity contribution >= 4 is 38.9 Å². The van der Waals surface area contributed by atoms with Gasteiger partial charge in [0.05, 0.1) is 14.4 Å². The summed E-state index contributed by atoms with van der Waals surface area (Å²) >= 11 is 4.99. The van der Waals surface area contributed by atoms with Gasteiger partial charge < -0.3 is 4.74 Å². The lowest BCUT2D eigenvalue weighted by Crippen LogP contribution is -2.26. The van der Waals surface area contributed by atoms with Crippen LogP contribution in [0.5, 0.6) is 5.75 Å². The second-order valence-electron chi connectivity index (χ2n) is 8.77. The highest BCUT2D eigenvalue weighted by molar-refractivity contribution is 9.11. The topological polar surface area (TPSA) is 50.7 Å². The molecule has 0 aliphatic heterocycles. The Labute approximate surface area is 180 Å². The van der Waals surface area contributed by atoms with Crippen LogP contribution in [0.4, 0.5) is 0 Å². The van der Waals surface area contributed by atoms with Crippen LogP contribution in [0.25, 0.3) is 0 Å². The van der Waals surface area contributed by atoms with Crippen molar-refractivity contribution in [1.82, 2.24) is 5.43 Å². The number of nitrogens with zero attached hydrogens (tertiary/aromatic N) is 1. The summed E-state index contributed by atoms with van der Waals surface area (Å²) in [6, 6.07) is 11.9. The molecule has 1 N–H and O–H groups in total. The van der Waals surface area contributed by atoms with Crippen molar-refractivity contribution < 1.29 is 9.53 Å². The van der Waals surface area contributed by atoms with Gasteiger partial charge in [-0.1, -0.05) is 46.8 Å². The number of benzene rings is 1. The van der Waals surface area contributed by atoms with Gasteiger partial charge in [0, 0.05) is 0 Å². The van der Waals surface area contributed by atoms with Crippen LogP contribution >= 0.6 is 27.3 Å². The smallest absolute Gasteiger partial charge is 0.277 e. The number of ether oxygens (including phenoxy) is 1. The van der Waals surface area contributed by atoms with E-state index in [0.717, 1.165) is 20.8 Å². The number of rotatable bonds is 7. The van der Waals surface area contributed by atoms with Gasteiger partial charge in [0.25, 0.3) is 5.91 Å². The molecule has 1 aromatic heterocycles. The van der Waals surface area contributed by atoms with Gasteiger partial charge in [0.2, 0.25) is 0 Å². The fraction of sp³-hybridized carbons (Fsp3) is 0.455. The molecular weight excluding hydrogens is 436 g/mol. The van der Waals surface area contributed by atoms with E-state index in [4.69, 9.17) is 4.74 Å². The highest BCUT2D eigenvalue weighted by atomic mass is 79.9. The van der Waals surface area contributed by atoms with E-state index in [1.165, 1.54) is 5.56 Å². The van der Waals surface area contributed by atoms with Crippen LogP contribution in [0.3, 0.4) is 0 Å². The molecule has 0 saturated heterocycles. The molecule has 6 heteroatoms. The Hall–Kier alpha value is -1.66. The zero-order valence-corrected chi connectivity index (χ0v) is 19.8. The Morgan fingerprint density at radius 1 is 1.11 bits per heavy atom. The average Bonchev–Trinajstić information content (AvgIpc) is 3.02. The number of hydrogen-bond donors (Lipinski definition) is 1. The van der Waals surface area contributed by atoms with Crippen molar-refractivity contribution in [1.29, 1.82) is 0 Å². The number of halogens is 1. The Balaban J connectivity index is 1.88. The average molecular weight is 465 g/mol. The van der Waals surface area contributed by atoms with Crippen molar-refractivity contribution in [3.63, 3.8) is 0 Å². The van der Waals surface area contributed by atoms with Gasteiger partial charge >= 0.3 is 0 Å². The van der Waals surface area contributed by atoms with Crippen molar-refractivity contribution in [2.75, 3.05) is 6.61 Å². The van der Waals surface area contributed by atoms with Gasteiger partial charge in [-0.2, -0.15) is 5.10 Å². The van der Waals surface area contributed by atoms with Crippen LogP contribution in [0.2, 0.25) is 0 Å². The van der Waals surface area contributed by atoms with E-state index in [9.17, 15) is 4.79 Å². The summed E-state index contributed by atoms with van der Waals surface area (Å²) in [4.78, 5) is 13.0. The van der Waals surface area contributed by atoms with Crippen LogP contribution in [-0.2, 0) is 10.2 Å². The highest BCUT2D eigenvalue weighted by Gasteiger charge is 2.27. The second-order valence-corrected chi connectivity index (χ2v) is 11.2. The molecule has 1 amide bonds. The van der Waals surface area contributed by atoms with Crippen molar-refractivity contribution in [2.45, 2.75) is 53.4 Å². The first-order valence-corrected chi connectivity index (χ1v) is 10.9. The molecule has 0 fully saturated rings. The summed E-state index contributed by atoms with van der Waals surface area (Å²) in [7, 11) is 0. The molecule has 0 saturated carbocycles. The molecule has 0 radical (unpaired) electrons. The van der Waals surface area contributed by atoms with Gasteiger partial charge in [-0.05, 0) is 69.9 Å². The summed E-state index contributed by atoms with van der Waals surface area (Å²) in [6.45, 7) is 13.1. The van der Waals surface area contributed by atoms with Gasteiger partial charge in [-0.3, -0.25) is 4.79 Å². The quantitative estimate of drug-likeness (QED) is 0.394. The maximum Gasteiger partial charge on any atom is 0.277 e.